The topological polar surface area (TPSA) is 75.6 Å². The molecule has 1 fully saturated rings. The van der Waals surface area contributed by atoms with E-state index in [-0.39, 0.29) is 5.56 Å². The Bertz CT molecular complexity index is 1140. The van der Waals surface area contributed by atoms with Gasteiger partial charge < -0.3 is 10.3 Å². The Balaban J connectivity index is 1.60. The van der Waals surface area contributed by atoms with E-state index in [0.717, 1.165) is 28.7 Å². The quantitative estimate of drug-likeness (QED) is 0.601. The lowest BCUT2D eigenvalue weighted by molar-refractivity contribution is 0.582. The van der Waals surface area contributed by atoms with E-state index in [4.69, 9.17) is 0 Å². The monoisotopic (exact) mass is 331 g/mol. The number of H-pyrrole nitrogens is 1. The van der Waals surface area contributed by atoms with Crippen LogP contribution in [0.4, 0.5) is 11.5 Å². The van der Waals surface area contributed by atoms with E-state index >= 15 is 0 Å². The maximum atomic E-state index is 12.4. The van der Waals surface area contributed by atoms with Gasteiger partial charge >= 0.3 is 0 Å². The minimum Gasteiger partial charge on any atom is -0.338 e. The number of anilines is 2. The van der Waals surface area contributed by atoms with Crippen molar-refractivity contribution in [3.63, 3.8) is 0 Å². The van der Waals surface area contributed by atoms with Crippen LogP contribution in [0.1, 0.15) is 12.8 Å². The smallest absolute Gasteiger partial charge is 0.261 e. The zero-order chi connectivity index (χ0) is 16.8. The summed E-state index contributed by atoms with van der Waals surface area (Å²) in [7, 11) is 0. The Morgan fingerprint density at radius 1 is 1.24 bits per heavy atom. The summed E-state index contributed by atoms with van der Waals surface area (Å²) in [6, 6.07) is 11.8. The van der Waals surface area contributed by atoms with Crippen LogP contribution >= 0.6 is 0 Å². The maximum Gasteiger partial charge on any atom is 0.261 e. The van der Waals surface area contributed by atoms with Gasteiger partial charge in [-0.15, -0.1) is 0 Å². The van der Waals surface area contributed by atoms with Crippen molar-refractivity contribution in [2.75, 3.05) is 5.32 Å². The molecule has 1 saturated carbocycles. The van der Waals surface area contributed by atoms with Gasteiger partial charge in [0.2, 0.25) is 0 Å². The van der Waals surface area contributed by atoms with Gasteiger partial charge in [0.1, 0.15) is 5.39 Å². The van der Waals surface area contributed by atoms with Crippen molar-refractivity contribution in [3.8, 4) is 0 Å². The number of rotatable bonds is 4. The van der Waals surface area contributed by atoms with Crippen molar-refractivity contribution in [1.82, 2.24) is 19.7 Å². The number of nitrogens with zero attached hydrogens (tertiary/aromatic N) is 3. The molecule has 0 spiro atoms. The summed E-state index contributed by atoms with van der Waals surface area (Å²) in [4.78, 5) is 19.4. The first-order valence-electron chi connectivity index (χ1n) is 8.48. The maximum absolute atomic E-state index is 12.4. The molecule has 124 valence electrons. The molecule has 6 heteroatoms. The van der Waals surface area contributed by atoms with E-state index in [2.05, 4.69) is 20.4 Å². The van der Waals surface area contributed by atoms with E-state index in [1.54, 1.807) is 12.4 Å². The number of nitrogens with one attached hydrogen (secondary N) is 2. The minimum absolute atomic E-state index is 0.121. The summed E-state index contributed by atoms with van der Waals surface area (Å²) in [5.74, 6) is 1.28. The average molecular weight is 331 g/mol. The number of fused-ring (bicyclic) bond motifs is 2. The fraction of sp³-hybridized carbons (Fsp3) is 0.211. The number of hydrogen-bond donors (Lipinski definition) is 2. The van der Waals surface area contributed by atoms with Gasteiger partial charge in [0, 0.05) is 30.0 Å². The van der Waals surface area contributed by atoms with Crippen molar-refractivity contribution in [1.29, 1.82) is 0 Å². The normalized spacial score (nSPS) is 14.2. The standard InChI is InChI=1S/C19H17N5O/c25-19-17-16(7-9-21-19)24(11-12-3-4-12)23-18(17)22-14-5-6-15-13(10-14)2-1-8-20-15/h1-2,5-10,12H,3-4,11H2,(H,21,25)(H,22,23). The molecule has 4 aromatic rings. The molecule has 1 aliphatic rings. The van der Waals surface area contributed by atoms with Crippen molar-refractivity contribution in [2.45, 2.75) is 19.4 Å². The van der Waals surface area contributed by atoms with Crippen LogP contribution in [0.2, 0.25) is 0 Å². The highest BCUT2D eigenvalue weighted by Gasteiger charge is 2.24. The van der Waals surface area contributed by atoms with Crippen molar-refractivity contribution >= 4 is 33.3 Å². The Morgan fingerprint density at radius 3 is 3.04 bits per heavy atom. The molecule has 2 N–H and O–H groups in total. The van der Waals surface area contributed by atoms with Crippen molar-refractivity contribution in [3.05, 3.63) is 59.1 Å². The zero-order valence-electron chi connectivity index (χ0n) is 13.6. The number of aromatic nitrogens is 4. The third-order valence-corrected chi connectivity index (χ3v) is 4.67. The molecule has 25 heavy (non-hydrogen) atoms. The molecule has 0 saturated heterocycles. The summed E-state index contributed by atoms with van der Waals surface area (Å²) in [5.41, 5.74) is 2.59. The lowest BCUT2D eigenvalue weighted by atomic mass is 10.2. The van der Waals surface area contributed by atoms with Crippen LogP contribution in [0.25, 0.3) is 21.8 Å². The van der Waals surface area contributed by atoms with Gasteiger partial charge in [-0.25, -0.2) is 0 Å². The second-order valence-corrected chi connectivity index (χ2v) is 6.58. The molecule has 0 amide bonds. The fourth-order valence-electron chi connectivity index (χ4n) is 3.20. The predicted molar refractivity (Wildman–Crippen MR) is 98.1 cm³/mol. The molecule has 3 heterocycles. The van der Waals surface area contributed by atoms with E-state index in [9.17, 15) is 4.79 Å². The number of aromatic amines is 1. The summed E-state index contributed by atoms with van der Waals surface area (Å²) >= 11 is 0. The SMILES string of the molecule is O=c1[nH]ccc2c1c(Nc1ccc3ncccc3c1)nn2CC1CC1. The highest BCUT2D eigenvalue weighted by atomic mass is 16.1. The second-order valence-electron chi connectivity index (χ2n) is 6.58. The Kier molecular flexibility index (Phi) is 3.09. The molecule has 1 aromatic carbocycles. The Morgan fingerprint density at radius 2 is 2.16 bits per heavy atom. The van der Waals surface area contributed by atoms with Gasteiger partial charge in [-0.2, -0.15) is 5.10 Å². The molecule has 0 aliphatic heterocycles. The van der Waals surface area contributed by atoms with E-state index in [0.29, 0.717) is 17.1 Å². The highest BCUT2D eigenvalue weighted by Crippen LogP contribution is 2.32. The molecule has 0 bridgehead atoms. The largest absolute Gasteiger partial charge is 0.338 e. The third kappa shape index (κ3) is 2.55. The van der Waals surface area contributed by atoms with Crippen LogP contribution in [0.15, 0.2) is 53.6 Å². The van der Waals surface area contributed by atoms with Gasteiger partial charge in [0.05, 0.1) is 11.0 Å². The average Bonchev–Trinajstić information content (AvgIpc) is 3.37. The number of pyridine rings is 2. The lowest BCUT2D eigenvalue weighted by Gasteiger charge is -2.05. The Hall–Kier alpha value is -3.15. The summed E-state index contributed by atoms with van der Waals surface area (Å²) < 4.78 is 1.95. The molecule has 0 atom stereocenters. The van der Waals surface area contributed by atoms with Crippen molar-refractivity contribution < 1.29 is 0 Å². The van der Waals surface area contributed by atoms with Crippen LogP contribution in [0.3, 0.4) is 0 Å². The molecular formula is C19H17N5O. The van der Waals surface area contributed by atoms with E-state index < -0.39 is 0 Å². The molecule has 5 rings (SSSR count). The first-order valence-corrected chi connectivity index (χ1v) is 8.48. The Labute approximate surface area is 143 Å². The van der Waals surface area contributed by atoms with Gasteiger partial charge in [0.25, 0.3) is 5.56 Å². The third-order valence-electron chi connectivity index (χ3n) is 4.67. The van der Waals surface area contributed by atoms with Gasteiger partial charge in [-0.05, 0) is 49.1 Å². The first-order chi connectivity index (χ1) is 12.3. The molecule has 3 aromatic heterocycles. The van der Waals surface area contributed by atoms with Crippen LogP contribution in [0, 0.1) is 5.92 Å². The molecule has 0 unspecified atom stereocenters. The predicted octanol–water partition coefficient (Wildman–Crippen LogP) is 3.43. The van der Waals surface area contributed by atoms with Crippen LogP contribution in [-0.2, 0) is 6.54 Å². The molecule has 0 radical (unpaired) electrons. The fourth-order valence-corrected chi connectivity index (χ4v) is 3.20. The number of benzene rings is 1. The summed E-state index contributed by atoms with van der Waals surface area (Å²) in [5, 5.41) is 9.64. The first kappa shape index (κ1) is 14.2. The minimum atomic E-state index is -0.121. The lowest BCUT2D eigenvalue weighted by Crippen LogP contribution is -2.06. The summed E-state index contributed by atoms with van der Waals surface area (Å²) in [6.45, 7) is 0.864. The summed E-state index contributed by atoms with van der Waals surface area (Å²) in [6.07, 6.45) is 5.94. The zero-order valence-corrected chi connectivity index (χ0v) is 13.6. The van der Waals surface area contributed by atoms with Gasteiger partial charge in [0.15, 0.2) is 5.82 Å². The van der Waals surface area contributed by atoms with Crippen LogP contribution in [-0.4, -0.2) is 19.7 Å². The van der Waals surface area contributed by atoms with E-state index in [1.807, 2.05) is 41.1 Å². The van der Waals surface area contributed by atoms with Crippen LogP contribution in [0.5, 0.6) is 0 Å². The van der Waals surface area contributed by atoms with Crippen LogP contribution < -0.4 is 10.9 Å². The molecular weight excluding hydrogens is 314 g/mol. The van der Waals surface area contributed by atoms with Gasteiger partial charge in [-0.1, -0.05) is 6.07 Å². The van der Waals surface area contributed by atoms with Crippen molar-refractivity contribution in [2.24, 2.45) is 5.92 Å². The van der Waals surface area contributed by atoms with Gasteiger partial charge in [-0.3, -0.25) is 14.5 Å². The molecule has 6 nitrogen and oxygen atoms in total. The number of hydrogen-bond acceptors (Lipinski definition) is 4. The van der Waals surface area contributed by atoms with E-state index in [1.165, 1.54) is 12.8 Å². The second kappa shape index (κ2) is 5.44. The molecule has 1 aliphatic carbocycles. The highest BCUT2D eigenvalue weighted by molar-refractivity contribution is 5.92.